The number of piperidine rings is 1. The van der Waals surface area contributed by atoms with Crippen LogP contribution in [0.3, 0.4) is 0 Å². The van der Waals surface area contributed by atoms with E-state index in [0.29, 0.717) is 24.2 Å². The van der Waals surface area contributed by atoms with Crippen LogP contribution in [0.2, 0.25) is 0 Å². The van der Waals surface area contributed by atoms with Gasteiger partial charge in [0.2, 0.25) is 0 Å². The van der Waals surface area contributed by atoms with Gasteiger partial charge in [0.25, 0.3) is 0 Å². The molecule has 0 saturated carbocycles. The molecule has 0 unspecified atom stereocenters. The fourth-order valence-corrected chi connectivity index (χ4v) is 2.32. The molecule has 0 amide bonds. The zero-order chi connectivity index (χ0) is 13.8. The maximum atomic E-state index is 11.4. The lowest BCUT2D eigenvalue weighted by Crippen LogP contribution is -2.33. The van der Waals surface area contributed by atoms with E-state index < -0.39 is 0 Å². The monoisotopic (exact) mass is 261 g/mol. The van der Waals surface area contributed by atoms with E-state index in [1.165, 1.54) is 0 Å². The largest absolute Gasteiger partial charge is 0.496 e. The summed E-state index contributed by atoms with van der Waals surface area (Å²) in [5, 5.41) is 0. The number of carbonyl (C=O) groups excluding carboxylic acids is 2. The molecule has 1 saturated heterocycles. The Kier molecular flexibility index (Phi) is 4.32. The van der Waals surface area contributed by atoms with Crippen molar-refractivity contribution < 1.29 is 14.3 Å². The number of ether oxygens (including phenoxy) is 1. The highest BCUT2D eigenvalue weighted by atomic mass is 16.5. The number of rotatable bonds is 4. The Bertz CT molecular complexity index is 486. The van der Waals surface area contributed by atoms with Crippen LogP contribution in [0.15, 0.2) is 18.2 Å². The van der Waals surface area contributed by atoms with E-state index >= 15 is 0 Å². The number of Topliss-reactive ketones (excluding diaryl/α,β-unsaturated/α-hetero) is 2. The van der Waals surface area contributed by atoms with E-state index in [4.69, 9.17) is 4.74 Å². The maximum Gasteiger partial charge on any atom is 0.159 e. The number of methoxy groups -OCH3 is 1. The predicted octanol–water partition coefficient (Wildman–Crippen LogP) is 2.06. The van der Waals surface area contributed by atoms with Gasteiger partial charge in [-0.1, -0.05) is 0 Å². The number of nitrogens with zero attached hydrogens (tertiary/aromatic N) is 1. The molecule has 1 aromatic rings. The summed E-state index contributed by atoms with van der Waals surface area (Å²) in [5.41, 5.74) is 1.70. The van der Waals surface area contributed by atoms with E-state index in [-0.39, 0.29) is 5.78 Å². The number of hydrogen-bond acceptors (Lipinski definition) is 4. The van der Waals surface area contributed by atoms with Crippen LogP contribution in [0.25, 0.3) is 0 Å². The van der Waals surface area contributed by atoms with Crippen molar-refractivity contribution in [3.05, 3.63) is 29.3 Å². The van der Waals surface area contributed by atoms with E-state index in [9.17, 15) is 9.59 Å². The summed E-state index contributed by atoms with van der Waals surface area (Å²) in [6.45, 7) is 3.85. The summed E-state index contributed by atoms with van der Waals surface area (Å²) in [4.78, 5) is 24.9. The van der Waals surface area contributed by atoms with Gasteiger partial charge < -0.3 is 4.74 Å². The number of benzene rings is 1. The minimum Gasteiger partial charge on any atom is -0.496 e. The fourth-order valence-electron chi connectivity index (χ4n) is 2.32. The predicted molar refractivity (Wildman–Crippen MR) is 72.5 cm³/mol. The SMILES string of the molecule is COc1ccc(C(C)=O)cc1CN1CCC(=O)CC1. The Morgan fingerprint density at radius 1 is 1.32 bits per heavy atom. The van der Waals surface area contributed by atoms with Crippen molar-refractivity contribution in [2.45, 2.75) is 26.3 Å². The molecule has 1 heterocycles. The summed E-state index contributed by atoms with van der Waals surface area (Å²) in [6, 6.07) is 5.50. The number of ketones is 2. The molecule has 102 valence electrons. The first kappa shape index (κ1) is 13.7. The Morgan fingerprint density at radius 2 is 2.00 bits per heavy atom. The average molecular weight is 261 g/mol. The Labute approximate surface area is 113 Å². The van der Waals surface area contributed by atoms with Crippen molar-refractivity contribution in [3.63, 3.8) is 0 Å². The van der Waals surface area contributed by atoms with Crippen LogP contribution in [0.5, 0.6) is 5.75 Å². The second-order valence-electron chi connectivity index (χ2n) is 4.90. The fraction of sp³-hybridized carbons (Fsp3) is 0.467. The van der Waals surface area contributed by atoms with Crippen molar-refractivity contribution in [2.75, 3.05) is 20.2 Å². The Balaban J connectivity index is 2.15. The van der Waals surface area contributed by atoms with Gasteiger partial charge in [-0.2, -0.15) is 0 Å². The van der Waals surface area contributed by atoms with Crippen molar-refractivity contribution >= 4 is 11.6 Å². The first-order chi connectivity index (χ1) is 9.10. The third-order valence-electron chi connectivity index (χ3n) is 3.49. The maximum absolute atomic E-state index is 11.4. The lowest BCUT2D eigenvalue weighted by atomic mass is 10.0. The van der Waals surface area contributed by atoms with Crippen LogP contribution in [0, 0.1) is 0 Å². The smallest absolute Gasteiger partial charge is 0.159 e. The first-order valence-electron chi connectivity index (χ1n) is 6.52. The molecule has 0 radical (unpaired) electrons. The lowest BCUT2D eigenvalue weighted by Gasteiger charge is -2.26. The Hall–Kier alpha value is -1.68. The van der Waals surface area contributed by atoms with Crippen LogP contribution in [0.4, 0.5) is 0 Å². The average Bonchev–Trinajstić information content (AvgIpc) is 2.41. The molecule has 1 fully saturated rings. The second kappa shape index (κ2) is 5.97. The molecule has 1 aromatic carbocycles. The number of hydrogen-bond donors (Lipinski definition) is 0. The minimum absolute atomic E-state index is 0.0534. The molecular weight excluding hydrogens is 242 g/mol. The minimum atomic E-state index is 0.0534. The molecule has 0 aromatic heterocycles. The van der Waals surface area contributed by atoms with Crippen molar-refractivity contribution in [2.24, 2.45) is 0 Å². The van der Waals surface area contributed by atoms with Crippen molar-refractivity contribution in [1.82, 2.24) is 4.90 Å². The van der Waals surface area contributed by atoms with Gasteiger partial charge in [0.1, 0.15) is 11.5 Å². The van der Waals surface area contributed by atoms with Crippen LogP contribution < -0.4 is 4.74 Å². The zero-order valence-electron chi connectivity index (χ0n) is 11.4. The third kappa shape index (κ3) is 3.41. The Morgan fingerprint density at radius 3 is 2.58 bits per heavy atom. The molecule has 4 nitrogen and oxygen atoms in total. The van der Waals surface area contributed by atoms with Gasteiger partial charge in [0.15, 0.2) is 5.78 Å². The molecule has 0 spiro atoms. The molecule has 19 heavy (non-hydrogen) atoms. The van der Waals surface area contributed by atoms with E-state index in [0.717, 1.165) is 30.9 Å². The first-order valence-corrected chi connectivity index (χ1v) is 6.52. The highest BCUT2D eigenvalue weighted by Crippen LogP contribution is 2.23. The molecule has 2 rings (SSSR count). The van der Waals surface area contributed by atoms with Gasteiger partial charge in [-0.05, 0) is 25.1 Å². The van der Waals surface area contributed by atoms with E-state index in [1.807, 2.05) is 12.1 Å². The van der Waals surface area contributed by atoms with Gasteiger partial charge in [-0.25, -0.2) is 0 Å². The van der Waals surface area contributed by atoms with Crippen LogP contribution >= 0.6 is 0 Å². The van der Waals surface area contributed by atoms with Gasteiger partial charge in [0.05, 0.1) is 7.11 Å². The molecular formula is C15H19NO3. The number of likely N-dealkylation sites (tertiary alicyclic amines) is 1. The molecule has 1 aliphatic rings. The second-order valence-corrected chi connectivity index (χ2v) is 4.90. The molecule has 0 bridgehead atoms. The van der Waals surface area contributed by atoms with E-state index in [1.54, 1.807) is 20.1 Å². The van der Waals surface area contributed by atoms with Gasteiger partial charge in [-0.15, -0.1) is 0 Å². The van der Waals surface area contributed by atoms with Crippen LogP contribution in [-0.4, -0.2) is 36.7 Å². The number of carbonyl (C=O) groups is 2. The lowest BCUT2D eigenvalue weighted by molar-refractivity contribution is -0.121. The topological polar surface area (TPSA) is 46.6 Å². The van der Waals surface area contributed by atoms with Crippen molar-refractivity contribution in [1.29, 1.82) is 0 Å². The third-order valence-corrected chi connectivity index (χ3v) is 3.49. The summed E-state index contributed by atoms with van der Waals surface area (Å²) in [6.07, 6.45) is 1.24. The summed E-state index contributed by atoms with van der Waals surface area (Å²) >= 11 is 0. The normalized spacial score (nSPS) is 16.4. The molecule has 0 N–H and O–H groups in total. The quantitative estimate of drug-likeness (QED) is 0.778. The van der Waals surface area contributed by atoms with Crippen LogP contribution in [0.1, 0.15) is 35.7 Å². The summed E-state index contributed by atoms with van der Waals surface area (Å²) in [5.74, 6) is 1.18. The highest BCUT2D eigenvalue weighted by molar-refractivity contribution is 5.94. The van der Waals surface area contributed by atoms with Crippen LogP contribution in [-0.2, 0) is 11.3 Å². The molecule has 1 aliphatic heterocycles. The standard InChI is InChI=1S/C15H19NO3/c1-11(17)12-3-4-15(19-2)13(9-12)10-16-7-5-14(18)6-8-16/h3-4,9H,5-8,10H2,1-2H3. The van der Waals surface area contributed by atoms with Gasteiger partial charge in [0, 0.05) is 43.6 Å². The molecule has 0 aliphatic carbocycles. The van der Waals surface area contributed by atoms with Gasteiger partial charge >= 0.3 is 0 Å². The van der Waals surface area contributed by atoms with E-state index in [2.05, 4.69) is 4.90 Å². The van der Waals surface area contributed by atoms with Crippen molar-refractivity contribution in [3.8, 4) is 5.75 Å². The highest BCUT2D eigenvalue weighted by Gasteiger charge is 2.18. The molecule has 4 heteroatoms. The molecule has 0 atom stereocenters. The zero-order valence-corrected chi connectivity index (χ0v) is 11.4. The summed E-state index contributed by atoms with van der Waals surface area (Å²) < 4.78 is 5.34. The summed E-state index contributed by atoms with van der Waals surface area (Å²) in [7, 11) is 1.63. The van der Waals surface area contributed by atoms with Gasteiger partial charge in [-0.3, -0.25) is 14.5 Å².